The summed E-state index contributed by atoms with van der Waals surface area (Å²) >= 11 is 7.38. The van der Waals surface area contributed by atoms with E-state index in [4.69, 9.17) is 33.6 Å². The molecule has 6 heterocycles. The summed E-state index contributed by atoms with van der Waals surface area (Å²) in [7, 11) is -4.62. The van der Waals surface area contributed by atoms with E-state index in [1.54, 1.807) is 50.2 Å². The molecule has 358 valence electrons. The summed E-state index contributed by atoms with van der Waals surface area (Å²) in [6.07, 6.45) is 2.53. The van der Waals surface area contributed by atoms with Crippen molar-refractivity contribution in [2.45, 2.75) is 81.6 Å². The van der Waals surface area contributed by atoms with Crippen LogP contribution in [0.4, 0.5) is 17.4 Å². The van der Waals surface area contributed by atoms with Crippen LogP contribution >= 0.6 is 22.9 Å². The molecule has 3 amide bonds. The number of aromatic carboxylic acids is 1. The summed E-state index contributed by atoms with van der Waals surface area (Å²) in [5.41, 5.74) is 0.211. The summed E-state index contributed by atoms with van der Waals surface area (Å²) in [5.74, 6) is -3.79. The number of piperidine rings is 3. The molecule has 0 spiro atoms. The summed E-state index contributed by atoms with van der Waals surface area (Å²) in [4.78, 5) is 69.8. The third-order valence-corrected chi connectivity index (χ3v) is 16.8. The average Bonchev–Trinajstić information content (AvgIpc) is 4.00. The quantitative estimate of drug-likeness (QED) is 0.0808. The third kappa shape index (κ3) is 8.65. The standard InChI is InChI=1S/C49H47ClN6O11S2/c1-49(2)23-30(51-29-6-3-5-28(22-29)43-41(50)42(66-24-39(58)59)44(68-43)47(62)63)17-20-55(49)69(64,65)25-26-9-13-37-34(21-26)52-48(67-37)54-18-15-27(16-19-54)31-10-11-35-40-32(31)7-4-8-33(40)46(61)56(35)36-12-14-38(57)53-45(36)60/h3-11,13,21-22,27,30,36,51H,12,14-20,23-25H2,1-2H3,(H,58,59)(H,62,63)(H,53,57,60)/i25D2. The number of nitrogens with one attached hydrogen (secondary N) is 2. The monoisotopic (exact) mass is 996 g/mol. The second kappa shape index (κ2) is 17.8. The van der Waals surface area contributed by atoms with Gasteiger partial charge in [-0.15, -0.1) is 11.3 Å². The van der Waals surface area contributed by atoms with Crippen molar-refractivity contribution < 1.29 is 54.5 Å². The fourth-order valence-corrected chi connectivity index (χ4v) is 13.3. The number of benzene rings is 4. The van der Waals surface area contributed by atoms with Crippen LogP contribution in [0, 0.1) is 0 Å². The molecular formula is C49H47ClN6O11S2. The lowest BCUT2D eigenvalue weighted by Gasteiger charge is -2.45. The highest BCUT2D eigenvalue weighted by Crippen LogP contribution is 2.47. The largest absolute Gasteiger partial charge is 0.479 e. The number of imide groups is 1. The maximum atomic E-state index is 14.4. The Morgan fingerprint density at radius 1 is 1.01 bits per heavy atom. The number of carbonyl (C=O) groups is 5. The number of rotatable bonds is 13. The van der Waals surface area contributed by atoms with Gasteiger partial charge in [-0.1, -0.05) is 48.0 Å². The van der Waals surface area contributed by atoms with Gasteiger partial charge in [-0.3, -0.25) is 24.6 Å². The minimum Gasteiger partial charge on any atom is -0.479 e. The Labute approximate surface area is 407 Å². The van der Waals surface area contributed by atoms with E-state index in [9.17, 15) is 37.5 Å². The number of anilines is 3. The number of nitrogens with zero attached hydrogens (tertiary/aromatic N) is 4. The number of amides is 3. The summed E-state index contributed by atoms with van der Waals surface area (Å²) in [6, 6.07) is 20.3. The molecule has 2 unspecified atom stereocenters. The Hall–Kier alpha value is -6.54. The van der Waals surface area contributed by atoms with Crippen LogP contribution < -0.4 is 25.2 Å². The summed E-state index contributed by atoms with van der Waals surface area (Å²) in [6.45, 7) is 3.91. The topological polar surface area (TPSA) is 229 Å². The number of aromatic nitrogens is 1. The van der Waals surface area contributed by atoms with Crippen LogP contribution in [0.2, 0.25) is 5.02 Å². The Kier molecular flexibility index (Phi) is 11.3. The number of ether oxygens (including phenoxy) is 1. The van der Waals surface area contributed by atoms with Crippen molar-refractivity contribution in [3.63, 3.8) is 0 Å². The van der Waals surface area contributed by atoms with E-state index in [-0.39, 0.29) is 64.4 Å². The van der Waals surface area contributed by atoms with Crippen molar-refractivity contribution >= 4 is 102 Å². The number of oxazole rings is 1. The van der Waals surface area contributed by atoms with Crippen LogP contribution in [0.3, 0.4) is 0 Å². The highest BCUT2D eigenvalue weighted by atomic mass is 35.5. The van der Waals surface area contributed by atoms with Crippen LogP contribution in [0.15, 0.2) is 77.2 Å². The fourth-order valence-electron chi connectivity index (χ4n) is 10.2. The average molecular weight is 998 g/mol. The number of sulfonamides is 1. The molecule has 0 bridgehead atoms. The second-order valence-electron chi connectivity index (χ2n) is 18.3. The number of thiophene rings is 1. The zero-order chi connectivity index (χ0) is 50.3. The van der Waals surface area contributed by atoms with Crippen molar-refractivity contribution in [1.29, 1.82) is 0 Å². The molecule has 3 fully saturated rings. The van der Waals surface area contributed by atoms with Gasteiger partial charge in [0.25, 0.3) is 11.9 Å². The van der Waals surface area contributed by atoms with Gasteiger partial charge in [-0.05, 0) is 110 Å². The summed E-state index contributed by atoms with van der Waals surface area (Å²) in [5, 5.41) is 26.3. The molecule has 0 aliphatic carbocycles. The maximum absolute atomic E-state index is 14.4. The predicted octanol–water partition coefficient (Wildman–Crippen LogP) is 7.86. The predicted molar refractivity (Wildman–Crippen MR) is 260 cm³/mol. The zero-order valence-electron chi connectivity index (χ0n) is 39.3. The van der Waals surface area contributed by atoms with Gasteiger partial charge in [0.2, 0.25) is 21.8 Å². The van der Waals surface area contributed by atoms with Gasteiger partial charge in [0, 0.05) is 57.0 Å². The van der Waals surface area contributed by atoms with E-state index in [1.165, 1.54) is 21.3 Å². The van der Waals surface area contributed by atoms with Crippen LogP contribution in [0.1, 0.15) is 92.2 Å². The Balaban J connectivity index is 0.805. The van der Waals surface area contributed by atoms with Crippen LogP contribution in [-0.4, -0.2) is 101 Å². The molecule has 3 saturated heterocycles. The number of halogens is 1. The molecule has 6 aromatic rings. The number of carbonyl (C=O) groups excluding carboxylic acids is 3. The normalized spacial score (nSPS) is 20.5. The summed E-state index contributed by atoms with van der Waals surface area (Å²) < 4.78 is 59.6. The third-order valence-electron chi connectivity index (χ3n) is 13.3. The first-order chi connectivity index (χ1) is 33.7. The lowest BCUT2D eigenvalue weighted by Crippen LogP contribution is -2.55. The van der Waals surface area contributed by atoms with Gasteiger partial charge in [-0.25, -0.2) is 18.0 Å². The van der Waals surface area contributed by atoms with E-state index in [0.29, 0.717) is 70.4 Å². The lowest BCUT2D eigenvalue weighted by molar-refractivity contribution is -0.139. The molecule has 2 aromatic heterocycles. The molecule has 17 nitrogen and oxygen atoms in total. The molecule has 2 atom stereocenters. The highest BCUT2D eigenvalue weighted by molar-refractivity contribution is 7.88. The molecule has 69 heavy (non-hydrogen) atoms. The molecule has 4 aromatic carbocycles. The molecule has 0 radical (unpaired) electrons. The SMILES string of the molecule is [2H]C([2H])(c1ccc2oc(N3CCC(c4ccc5c6c(cccc46)C(=O)N5C4CCC(=O)NC4=O)CC3)nc2c1)S(=O)(=O)N1CCC(Nc2cccc(-c3sc(C(=O)O)c(OCC(=O)O)c3Cl)c2)CC1(C)C. The van der Waals surface area contributed by atoms with Gasteiger partial charge in [0.1, 0.15) is 16.6 Å². The van der Waals surface area contributed by atoms with Crippen molar-refractivity contribution in [3.05, 3.63) is 99.4 Å². The Morgan fingerprint density at radius 3 is 2.54 bits per heavy atom. The number of carboxylic acid groups (broad SMARTS) is 2. The molecule has 4 aliphatic rings. The highest BCUT2D eigenvalue weighted by Gasteiger charge is 2.43. The number of hydrogen-bond acceptors (Lipinski definition) is 13. The van der Waals surface area contributed by atoms with Crippen molar-refractivity contribution in [2.24, 2.45) is 0 Å². The molecule has 4 N–H and O–H groups in total. The van der Waals surface area contributed by atoms with Gasteiger partial charge in [0.05, 0.1) is 16.3 Å². The fraction of sp³-hybridized carbons (Fsp3) is 0.347. The second-order valence-corrected chi connectivity index (χ2v) is 21.3. The van der Waals surface area contributed by atoms with Crippen LogP contribution in [0.5, 0.6) is 5.75 Å². The first-order valence-electron chi connectivity index (χ1n) is 23.4. The minimum atomic E-state index is -4.62. The van der Waals surface area contributed by atoms with Gasteiger partial charge in [0.15, 0.2) is 22.8 Å². The number of aliphatic carboxylic acids is 1. The van der Waals surface area contributed by atoms with E-state index >= 15 is 0 Å². The van der Waals surface area contributed by atoms with E-state index < -0.39 is 51.8 Å². The Bertz CT molecular complexity index is 3340. The van der Waals surface area contributed by atoms with E-state index in [1.807, 2.05) is 29.2 Å². The van der Waals surface area contributed by atoms with E-state index in [0.717, 1.165) is 40.5 Å². The number of hydrogen-bond donors (Lipinski definition) is 4. The van der Waals surface area contributed by atoms with Crippen molar-refractivity contribution in [3.8, 4) is 16.2 Å². The van der Waals surface area contributed by atoms with E-state index in [2.05, 4.69) is 10.6 Å². The van der Waals surface area contributed by atoms with Gasteiger partial charge < -0.3 is 29.6 Å². The van der Waals surface area contributed by atoms with Crippen LogP contribution in [0.25, 0.3) is 32.3 Å². The molecular weight excluding hydrogens is 948 g/mol. The zero-order valence-corrected chi connectivity index (χ0v) is 39.7. The first kappa shape index (κ1) is 43.7. The number of carboxylic acids is 2. The lowest BCUT2D eigenvalue weighted by atomic mass is 9.85. The first-order valence-corrected chi connectivity index (χ1v) is 25.1. The van der Waals surface area contributed by atoms with Gasteiger partial charge in [-0.2, -0.15) is 9.29 Å². The molecule has 20 heteroatoms. The molecule has 0 saturated carbocycles. The minimum absolute atomic E-state index is 0.0154. The Morgan fingerprint density at radius 2 is 1.80 bits per heavy atom. The molecule has 4 aliphatic heterocycles. The molecule has 10 rings (SSSR count). The number of fused-ring (bicyclic) bond motifs is 1. The smallest absolute Gasteiger partial charge is 0.349 e. The van der Waals surface area contributed by atoms with Crippen molar-refractivity contribution in [1.82, 2.24) is 14.6 Å². The van der Waals surface area contributed by atoms with Crippen molar-refractivity contribution in [2.75, 3.05) is 41.4 Å². The maximum Gasteiger partial charge on any atom is 0.349 e. The van der Waals surface area contributed by atoms with Crippen LogP contribution in [-0.2, 0) is 30.1 Å². The van der Waals surface area contributed by atoms with Gasteiger partial charge >= 0.3 is 11.9 Å².